The predicted molar refractivity (Wildman–Crippen MR) is 115 cm³/mol. The zero-order valence-electron chi connectivity index (χ0n) is 18.0. The van der Waals surface area contributed by atoms with E-state index in [1.54, 1.807) is 6.07 Å². The molecule has 5 nitrogen and oxygen atoms in total. The van der Waals surface area contributed by atoms with Crippen LogP contribution in [0.4, 0.5) is 17.6 Å². The fourth-order valence-electron chi connectivity index (χ4n) is 3.64. The molecule has 33 heavy (non-hydrogen) atoms. The Kier molecular flexibility index (Phi) is 6.22. The fraction of sp³-hybridized carbons (Fsp3) is 0.250. The number of aromatic nitrogens is 5. The largest absolute Gasteiger partial charge is 0.298 e. The predicted octanol–water partition coefficient (Wildman–Crippen LogP) is 5.71. The lowest BCUT2D eigenvalue weighted by molar-refractivity contribution is -0.0455. The Balaban J connectivity index is 1.68. The van der Waals surface area contributed by atoms with Crippen molar-refractivity contribution in [2.75, 3.05) is 0 Å². The molecule has 4 rings (SSSR count). The number of hydrogen-bond donors (Lipinski definition) is 0. The van der Waals surface area contributed by atoms with Crippen molar-refractivity contribution in [3.63, 3.8) is 0 Å². The molecule has 2 heterocycles. The normalized spacial score (nSPS) is 12.8. The van der Waals surface area contributed by atoms with E-state index in [0.29, 0.717) is 17.5 Å². The van der Waals surface area contributed by atoms with E-state index in [1.807, 2.05) is 24.3 Å². The summed E-state index contributed by atoms with van der Waals surface area (Å²) in [6, 6.07) is 13.1. The van der Waals surface area contributed by atoms with Crippen molar-refractivity contribution in [2.45, 2.75) is 38.2 Å². The Hall–Kier alpha value is -3.62. The minimum absolute atomic E-state index is 0.355. The number of hydrogen-bond acceptors (Lipinski definition) is 4. The molecule has 0 saturated carbocycles. The average Bonchev–Trinajstić information content (AvgIpc) is 3.31. The van der Waals surface area contributed by atoms with Crippen molar-refractivity contribution in [2.24, 2.45) is 0 Å². The van der Waals surface area contributed by atoms with Crippen LogP contribution < -0.4 is 0 Å². The molecule has 9 heteroatoms. The van der Waals surface area contributed by atoms with E-state index >= 15 is 8.78 Å². The maximum absolute atomic E-state index is 15.6. The van der Waals surface area contributed by atoms with Gasteiger partial charge in [0.15, 0.2) is 0 Å². The molecule has 0 aliphatic carbocycles. The number of pyridine rings is 1. The Morgan fingerprint density at radius 2 is 1.67 bits per heavy atom. The van der Waals surface area contributed by atoms with Crippen LogP contribution >= 0.6 is 0 Å². The number of nitrogens with zero attached hydrogens (tertiary/aromatic N) is 5. The van der Waals surface area contributed by atoms with Crippen LogP contribution in [0.1, 0.15) is 42.5 Å². The lowest BCUT2D eigenvalue weighted by Gasteiger charge is -2.27. The first-order valence-electron chi connectivity index (χ1n) is 10.4. The first-order chi connectivity index (χ1) is 15.8. The van der Waals surface area contributed by atoms with Gasteiger partial charge in [-0.2, -0.15) is 8.78 Å². The molecule has 0 aliphatic heterocycles. The van der Waals surface area contributed by atoms with Gasteiger partial charge in [0.05, 0.1) is 12.5 Å². The van der Waals surface area contributed by atoms with Gasteiger partial charge in [0.25, 0.3) is 5.92 Å². The van der Waals surface area contributed by atoms with Crippen LogP contribution in [0.5, 0.6) is 0 Å². The average molecular weight is 455 g/mol. The third kappa shape index (κ3) is 4.76. The summed E-state index contributed by atoms with van der Waals surface area (Å²) in [4.78, 5) is 4.00. The molecule has 0 N–H and O–H groups in total. The Morgan fingerprint density at radius 3 is 2.24 bits per heavy atom. The number of tetrazole rings is 1. The molecule has 0 amide bonds. The zero-order valence-corrected chi connectivity index (χ0v) is 18.0. The quantitative estimate of drug-likeness (QED) is 0.335. The van der Waals surface area contributed by atoms with Gasteiger partial charge in [-0.3, -0.25) is 4.98 Å². The highest BCUT2D eigenvalue weighted by molar-refractivity contribution is 5.63. The van der Waals surface area contributed by atoms with E-state index in [-0.39, 0.29) is 5.56 Å². The summed E-state index contributed by atoms with van der Waals surface area (Å²) in [7, 11) is 0. The number of benzene rings is 2. The van der Waals surface area contributed by atoms with Crippen molar-refractivity contribution < 1.29 is 17.6 Å². The third-order valence-corrected chi connectivity index (χ3v) is 5.55. The summed E-state index contributed by atoms with van der Waals surface area (Å²) in [6.07, 6.45) is 2.52. The third-order valence-electron chi connectivity index (χ3n) is 5.55. The second kappa shape index (κ2) is 9.09. The highest BCUT2D eigenvalue weighted by Gasteiger charge is 2.45. The van der Waals surface area contributed by atoms with Crippen molar-refractivity contribution in [3.8, 4) is 11.1 Å². The minimum atomic E-state index is -3.59. The first-order valence-corrected chi connectivity index (χ1v) is 10.4. The molecular formula is C24H21F4N5. The molecular weight excluding hydrogens is 434 g/mol. The molecule has 1 atom stereocenters. The summed E-state index contributed by atoms with van der Waals surface area (Å²) in [5.74, 6) is -6.86. The molecule has 0 radical (unpaired) electrons. The topological polar surface area (TPSA) is 56.5 Å². The SMILES string of the molecule is CC(C)c1ccc(-c2ccc(C(F)(F)C(Cn3cnnn3)c3ccc(F)cc3F)nc2)cc1. The lowest BCUT2D eigenvalue weighted by atomic mass is 9.89. The Labute approximate surface area is 188 Å². The lowest BCUT2D eigenvalue weighted by Crippen LogP contribution is -2.30. The number of alkyl halides is 2. The Morgan fingerprint density at radius 1 is 0.939 bits per heavy atom. The van der Waals surface area contributed by atoms with Crippen molar-refractivity contribution in [1.82, 2.24) is 25.2 Å². The molecule has 0 aliphatic rings. The minimum Gasteiger partial charge on any atom is -0.254 e. The molecule has 0 saturated heterocycles. The molecule has 0 spiro atoms. The molecule has 170 valence electrons. The van der Waals surface area contributed by atoms with Gasteiger partial charge in [0, 0.05) is 17.8 Å². The maximum atomic E-state index is 15.6. The van der Waals surface area contributed by atoms with Gasteiger partial charge in [-0.15, -0.1) is 5.10 Å². The van der Waals surface area contributed by atoms with Crippen LogP contribution in [-0.2, 0) is 12.5 Å². The second-order valence-corrected chi connectivity index (χ2v) is 8.08. The van der Waals surface area contributed by atoms with E-state index in [0.717, 1.165) is 28.7 Å². The second-order valence-electron chi connectivity index (χ2n) is 8.08. The summed E-state index contributed by atoms with van der Waals surface area (Å²) in [5.41, 5.74) is 1.80. The molecule has 1 unspecified atom stereocenters. The molecule has 2 aromatic heterocycles. The van der Waals surface area contributed by atoms with E-state index in [9.17, 15) is 8.78 Å². The van der Waals surface area contributed by atoms with Crippen LogP contribution in [-0.4, -0.2) is 25.2 Å². The van der Waals surface area contributed by atoms with Gasteiger partial charge in [-0.1, -0.05) is 50.2 Å². The number of rotatable bonds is 7. The van der Waals surface area contributed by atoms with Crippen molar-refractivity contribution in [3.05, 3.63) is 95.6 Å². The van der Waals surface area contributed by atoms with Crippen molar-refractivity contribution >= 4 is 0 Å². The highest BCUT2D eigenvalue weighted by atomic mass is 19.3. The van der Waals surface area contributed by atoms with Crippen LogP contribution in [0.25, 0.3) is 11.1 Å². The van der Waals surface area contributed by atoms with Gasteiger partial charge in [0.2, 0.25) is 0 Å². The molecule has 0 bridgehead atoms. The fourth-order valence-corrected chi connectivity index (χ4v) is 3.64. The van der Waals surface area contributed by atoms with Gasteiger partial charge in [-0.25, -0.2) is 13.5 Å². The van der Waals surface area contributed by atoms with Gasteiger partial charge >= 0.3 is 0 Å². The van der Waals surface area contributed by atoms with E-state index < -0.39 is 35.7 Å². The number of halogens is 4. The van der Waals surface area contributed by atoms with E-state index in [1.165, 1.54) is 17.8 Å². The highest BCUT2D eigenvalue weighted by Crippen LogP contribution is 2.43. The van der Waals surface area contributed by atoms with E-state index in [4.69, 9.17) is 0 Å². The summed E-state index contributed by atoms with van der Waals surface area (Å²) in [5, 5.41) is 10.5. The van der Waals surface area contributed by atoms with Crippen LogP contribution in [0, 0.1) is 11.6 Å². The first kappa shape index (κ1) is 22.6. The molecule has 2 aromatic carbocycles. The van der Waals surface area contributed by atoms with Crippen molar-refractivity contribution in [1.29, 1.82) is 0 Å². The molecule has 0 fully saturated rings. The smallest absolute Gasteiger partial charge is 0.254 e. The standard InChI is InChI=1S/C24H21F4N5/c1-15(2)16-3-5-17(6-4-16)18-7-10-23(29-12-18)24(27,28)21(13-33-14-30-31-32-33)20-9-8-19(25)11-22(20)26/h3-12,14-15,21H,13H2,1-2H3. The summed E-state index contributed by atoms with van der Waals surface area (Å²) >= 11 is 0. The zero-order chi connectivity index (χ0) is 23.6. The van der Waals surface area contributed by atoms with Crippen LogP contribution in [0.2, 0.25) is 0 Å². The van der Waals surface area contributed by atoms with Crippen LogP contribution in [0.15, 0.2) is 67.1 Å². The van der Waals surface area contributed by atoms with Crippen LogP contribution in [0.3, 0.4) is 0 Å². The monoisotopic (exact) mass is 455 g/mol. The molecule has 4 aromatic rings. The Bertz CT molecular complexity index is 1210. The maximum Gasteiger partial charge on any atom is 0.298 e. The van der Waals surface area contributed by atoms with Gasteiger partial charge < -0.3 is 0 Å². The van der Waals surface area contributed by atoms with Gasteiger partial charge in [0.1, 0.15) is 23.7 Å². The van der Waals surface area contributed by atoms with Gasteiger partial charge in [-0.05, 0) is 45.2 Å². The van der Waals surface area contributed by atoms with E-state index in [2.05, 4.69) is 34.4 Å². The summed E-state index contributed by atoms with van der Waals surface area (Å²) < 4.78 is 60.3. The summed E-state index contributed by atoms with van der Waals surface area (Å²) in [6.45, 7) is 3.75.